The first-order valence-electron chi connectivity index (χ1n) is 7.85. The second-order valence-corrected chi connectivity index (χ2v) is 5.84. The van der Waals surface area contributed by atoms with Crippen molar-refractivity contribution in [2.24, 2.45) is 0 Å². The van der Waals surface area contributed by atoms with Crippen molar-refractivity contribution >= 4 is 17.7 Å². The number of aromatic amines is 1. The van der Waals surface area contributed by atoms with Crippen LogP contribution in [0.25, 0.3) is 0 Å². The number of carbonyl (C=O) groups excluding carboxylic acids is 3. The molecule has 1 aromatic heterocycles. The van der Waals surface area contributed by atoms with E-state index in [2.05, 4.69) is 15.5 Å². The van der Waals surface area contributed by atoms with Gasteiger partial charge in [-0.15, -0.1) is 0 Å². The van der Waals surface area contributed by atoms with Gasteiger partial charge in [-0.25, -0.2) is 0 Å². The van der Waals surface area contributed by atoms with E-state index in [1.54, 1.807) is 24.8 Å². The molecule has 0 unspecified atom stereocenters. The van der Waals surface area contributed by atoms with Gasteiger partial charge in [0, 0.05) is 37.9 Å². The van der Waals surface area contributed by atoms with Gasteiger partial charge in [0.1, 0.15) is 5.69 Å². The number of nitrogens with one attached hydrogen (secondary N) is 2. The van der Waals surface area contributed by atoms with Crippen LogP contribution in [0.5, 0.6) is 0 Å². The van der Waals surface area contributed by atoms with Gasteiger partial charge in [0.15, 0.2) is 0 Å². The molecule has 2 heterocycles. The Labute approximate surface area is 135 Å². The van der Waals surface area contributed by atoms with Crippen LogP contribution >= 0.6 is 0 Å². The molecule has 8 nitrogen and oxygen atoms in total. The average molecular weight is 321 g/mol. The van der Waals surface area contributed by atoms with Crippen molar-refractivity contribution < 1.29 is 14.4 Å². The first-order valence-corrected chi connectivity index (χ1v) is 7.85. The van der Waals surface area contributed by atoms with E-state index in [4.69, 9.17) is 0 Å². The number of carbonyl (C=O) groups is 3. The third kappa shape index (κ3) is 4.08. The topological polar surface area (TPSA) is 98.4 Å². The van der Waals surface area contributed by atoms with Gasteiger partial charge in [-0.1, -0.05) is 6.92 Å². The fourth-order valence-corrected chi connectivity index (χ4v) is 2.39. The summed E-state index contributed by atoms with van der Waals surface area (Å²) in [6, 6.07) is 1.66. The molecule has 3 amide bonds. The maximum absolute atomic E-state index is 12.3. The van der Waals surface area contributed by atoms with Gasteiger partial charge in [0.2, 0.25) is 0 Å². The summed E-state index contributed by atoms with van der Waals surface area (Å²) in [6.45, 7) is 7.07. The van der Waals surface area contributed by atoms with E-state index in [9.17, 15) is 14.4 Å². The van der Waals surface area contributed by atoms with E-state index in [-0.39, 0.29) is 11.9 Å². The standard InChI is InChI=1S/C15H23N5O3/c1-4-11-9-12(18-17-11)14(22)19-5-7-20(8-6-19)15(23)13(21)16-10(2)3/h9-10H,4-8H2,1-3H3,(H,16,21)(H,17,18). The number of rotatable bonds is 3. The fourth-order valence-electron chi connectivity index (χ4n) is 2.39. The highest BCUT2D eigenvalue weighted by Gasteiger charge is 2.29. The van der Waals surface area contributed by atoms with Crippen molar-refractivity contribution in [3.63, 3.8) is 0 Å². The Morgan fingerprint density at radius 3 is 2.35 bits per heavy atom. The van der Waals surface area contributed by atoms with Crippen LogP contribution < -0.4 is 5.32 Å². The molecule has 1 aliphatic rings. The molecular weight excluding hydrogens is 298 g/mol. The lowest BCUT2D eigenvalue weighted by molar-refractivity contribution is -0.147. The Hall–Kier alpha value is -2.38. The van der Waals surface area contributed by atoms with E-state index in [0.717, 1.165) is 12.1 Å². The van der Waals surface area contributed by atoms with Crippen molar-refractivity contribution in [3.8, 4) is 0 Å². The van der Waals surface area contributed by atoms with Gasteiger partial charge in [-0.2, -0.15) is 5.10 Å². The summed E-state index contributed by atoms with van der Waals surface area (Å²) in [5.74, 6) is -1.29. The molecule has 0 aromatic carbocycles. The zero-order valence-corrected chi connectivity index (χ0v) is 13.8. The van der Waals surface area contributed by atoms with Gasteiger partial charge in [0.05, 0.1) is 0 Å². The Kier molecular flexibility index (Phi) is 5.36. The Balaban J connectivity index is 1.89. The van der Waals surface area contributed by atoms with Crippen molar-refractivity contribution in [3.05, 3.63) is 17.5 Å². The molecule has 8 heteroatoms. The Morgan fingerprint density at radius 2 is 1.83 bits per heavy atom. The summed E-state index contributed by atoms with van der Waals surface area (Å²) in [7, 11) is 0. The minimum atomic E-state index is -0.598. The molecule has 0 atom stereocenters. The number of piperazine rings is 1. The highest BCUT2D eigenvalue weighted by atomic mass is 16.2. The van der Waals surface area contributed by atoms with Gasteiger partial charge in [-0.05, 0) is 26.3 Å². The van der Waals surface area contributed by atoms with Gasteiger partial charge in [-0.3, -0.25) is 19.5 Å². The molecule has 0 aliphatic carbocycles. The highest BCUT2D eigenvalue weighted by molar-refractivity contribution is 6.35. The quantitative estimate of drug-likeness (QED) is 0.752. The highest BCUT2D eigenvalue weighted by Crippen LogP contribution is 2.09. The molecule has 126 valence electrons. The van der Waals surface area contributed by atoms with E-state index in [0.29, 0.717) is 31.9 Å². The maximum Gasteiger partial charge on any atom is 0.312 e. The van der Waals surface area contributed by atoms with E-state index in [1.807, 2.05) is 6.92 Å². The lowest BCUT2D eigenvalue weighted by Crippen LogP contribution is -2.54. The number of amides is 3. The normalized spacial score (nSPS) is 15.0. The molecule has 1 aromatic rings. The summed E-state index contributed by atoms with van der Waals surface area (Å²) < 4.78 is 0. The van der Waals surface area contributed by atoms with Crippen LogP contribution in [0.4, 0.5) is 0 Å². The SMILES string of the molecule is CCc1cc(C(=O)N2CCN(C(=O)C(=O)NC(C)C)CC2)n[nH]1. The number of H-pyrrole nitrogens is 1. The molecule has 0 radical (unpaired) electrons. The van der Waals surface area contributed by atoms with Crippen LogP contribution in [-0.2, 0) is 16.0 Å². The Morgan fingerprint density at radius 1 is 1.22 bits per heavy atom. The number of aromatic nitrogens is 2. The van der Waals surface area contributed by atoms with E-state index >= 15 is 0 Å². The van der Waals surface area contributed by atoms with Gasteiger partial charge in [0.25, 0.3) is 5.91 Å². The minimum absolute atomic E-state index is 0.0817. The first kappa shape index (κ1) is 17.0. The molecule has 2 N–H and O–H groups in total. The summed E-state index contributed by atoms with van der Waals surface area (Å²) in [5.41, 5.74) is 1.30. The molecule has 2 rings (SSSR count). The number of hydrogen-bond donors (Lipinski definition) is 2. The molecular formula is C15H23N5O3. The average Bonchev–Trinajstić information content (AvgIpc) is 3.02. The van der Waals surface area contributed by atoms with E-state index < -0.39 is 11.8 Å². The van der Waals surface area contributed by atoms with Crippen molar-refractivity contribution in [2.45, 2.75) is 33.2 Å². The zero-order valence-electron chi connectivity index (χ0n) is 13.8. The van der Waals surface area contributed by atoms with Crippen LogP contribution in [0.3, 0.4) is 0 Å². The molecule has 0 spiro atoms. The van der Waals surface area contributed by atoms with E-state index in [1.165, 1.54) is 4.90 Å². The second-order valence-electron chi connectivity index (χ2n) is 5.84. The van der Waals surface area contributed by atoms with Crippen molar-refractivity contribution in [2.75, 3.05) is 26.2 Å². The smallest absolute Gasteiger partial charge is 0.312 e. The predicted octanol–water partition coefficient (Wildman–Crippen LogP) is -0.219. The molecule has 0 saturated carbocycles. The van der Waals surface area contributed by atoms with Gasteiger partial charge < -0.3 is 15.1 Å². The lowest BCUT2D eigenvalue weighted by Gasteiger charge is -2.34. The van der Waals surface area contributed by atoms with Crippen molar-refractivity contribution in [1.82, 2.24) is 25.3 Å². The van der Waals surface area contributed by atoms with Crippen LogP contribution in [0.2, 0.25) is 0 Å². The third-order valence-electron chi connectivity index (χ3n) is 3.70. The number of aryl methyl sites for hydroxylation is 1. The summed E-state index contributed by atoms with van der Waals surface area (Å²) >= 11 is 0. The van der Waals surface area contributed by atoms with Crippen molar-refractivity contribution in [1.29, 1.82) is 0 Å². The molecule has 1 aliphatic heterocycles. The molecule has 1 saturated heterocycles. The third-order valence-corrected chi connectivity index (χ3v) is 3.70. The first-order chi connectivity index (χ1) is 10.9. The zero-order chi connectivity index (χ0) is 17.0. The summed E-state index contributed by atoms with van der Waals surface area (Å²) in [4.78, 5) is 39.2. The fraction of sp³-hybridized carbons (Fsp3) is 0.600. The molecule has 1 fully saturated rings. The number of hydrogen-bond acceptors (Lipinski definition) is 4. The van der Waals surface area contributed by atoms with Crippen LogP contribution in [0.1, 0.15) is 37.0 Å². The summed E-state index contributed by atoms with van der Waals surface area (Å²) in [6.07, 6.45) is 0.785. The number of nitrogens with zero attached hydrogens (tertiary/aromatic N) is 3. The largest absolute Gasteiger partial charge is 0.346 e. The summed E-state index contributed by atoms with van der Waals surface area (Å²) in [5, 5.41) is 9.42. The van der Waals surface area contributed by atoms with Crippen LogP contribution in [-0.4, -0.2) is 69.9 Å². The van der Waals surface area contributed by atoms with Gasteiger partial charge >= 0.3 is 11.8 Å². The second kappa shape index (κ2) is 7.26. The molecule has 23 heavy (non-hydrogen) atoms. The van der Waals surface area contributed by atoms with Crippen LogP contribution in [0.15, 0.2) is 6.07 Å². The minimum Gasteiger partial charge on any atom is -0.346 e. The lowest BCUT2D eigenvalue weighted by atomic mass is 10.2. The molecule has 0 bridgehead atoms. The monoisotopic (exact) mass is 321 g/mol. The predicted molar refractivity (Wildman–Crippen MR) is 83.7 cm³/mol. The van der Waals surface area contributed by atoms with Crippen LogP contribution in [0, 0.1) is 0 Å². The maximum atomic E-state index is 12.3. The Bertz CT molecular complexity index is 588.